The maximum Gasteiger partial charge on any atom is 0.225 e. The van der Waals surface area contributed by atoms with Gasteiger partial charge in [-0.15, -0.1) is 0 Å². The maximum absolute atomic E-state index is 12.0. The fourth-order valence-electron chi connectivity index (χ4n) is 2.22. The van der Waals surface area contributed by atoms with Crippen LogP contribution in [-0.4, -0.2) is 62.0 Å². The lowest BCUT2D eigenvalue weighted by molar-refractivity contribution is -0.129. The average Bonchev–Trinajstić information content (AvgIpc) is 2.83. The third-order valence-electron chi connectivity index (χ3n) is 3.43. The van der Waals surface area contributed by atoms with Gasteiger partial charge in [-0.2, -0.15) is 0 Å². The normalized spacial score (nSPS) is 18.2. The molecule has 7 nitrogen and oxygen atoms in total. The molecule has 1 unspecified atom stereocenters. The maximum atomic E-state index is 12.0. The molecule has 21 heavy (non-hydrogen) atoms. The molecule has 7 heteroatoms. The second kappa shape index (κ2) is 8.61. The number of carbonyl (C=O) groups is 3. The molecule has 0 bridgehead atoms. The number of amides is 3. The Hall–Kier alpha value is -1.63. The zero-order valence-electron chi connectivity index (χ0n) is 13.0. The van der Waals surface area contributed by atoms with Crippen LogP contribution in [0.4, 0.5) is 0 Å². The molecule has 1 fully saturated rings. The predicted molar refractivity (Wildman–Crippen MR) is 77.5 cm³/mol. The Balaban J connectivity index is 2.20. The zero-order valence-corrected chi connectivity index (χ0v) is 13.0. The van der Waals surface area contributed by atoms with Gasteiger partial charge in [0.15, 0.2) is 0 Å². The highest BCUT2D eigenvalue weighted by Gasteiger charge is 2.35. The van der Waals surface area contributed by atoms with Crippen LogP contribution in [0.15, 0.2) is 0 Å². The molecule has 0 spiro atoms. The van der Waals surface area contributed by atoms with Gasteiger partial charge in [-0.05, 0) is 13.8 Å². The van der Waals surface area contributed by atoms with Gasteiger partial charge in [0.1, 0.15) is 0 Å². The Morgan fingerprint density at radius 3 is 2.57 bits per heavy atom. The van der Waals surface area contributed by atoms with Crippen LogP contribution in [0.2, 0.25) is 0 Å². The molecule has 1 atom stereocenters. The lowest BCUT2D eigenvalue weighted by Gasteiger charge is -2.20. The van der Waals surface area contributed by atoms with E-state index in [1.165, 1.54) is 7.11 Å². The first-order chi connectivity index (χ1) is 9.95. The molecule has 0 aromatic heterocycles. The summed E-state index contributed by atoms with van der Waals surface area (Å²) >= 11 is 0. The van der Waals surface area contributed by atoms with Crippen molar-refractivity contribution >= 4 is 17.7 Å². The van der Waals surface area contributed by atoms with Gasteiger partial charge in [-0.25, -0.2) is 0 Å². The van der Waals surface area contributed by atoms with E-state index in [1.54, 1.807) is 4.90 Å². The Bertz CT molecular complexity index is 384. The van der Waals surface area contributed by atoms with Gasteiger partial charge in [0, 0.05) is 45.6 Å². The largest absolute Gasteiger partial charge is 0.384 e. The number of nitrogens with zero attached hydrogens (tertiary/aromatic N) is 1. The fraction of sp³-hybridized carbons (Fsp3) is 0.786. The molecule has 1 saturated heterocycles. The molecule has 0 aliphatic carbocycles. The smallest absolute Gasteiger partial charge is 0.225 e. The first-order valence-corrected chi connectivity index (χ1v) is 7.28. The molecule has 0 aromatic carbocycles. The van der Waals surface area contributed by atoms with Gasteiger partial charge in [0.2, 0.25) is 17.7 Å². The Labute approximate surface area is 125 Å². The van der Waals surface area contributed by atoms with Crippen LogP contribution in [0.5, 0.6) is 0 Å². The minimum absolute atomic E-state index is 0.0259. The van der Waals surface area contributed by atoms with Crippen molar-refractivity contribution in [2.24, 2.45) is 5.92 Å². The molecule has 1 rings (SSSR count). The minimum Gasteiger partial charge on any atom is -0.384 e. The van der Waals surface area contributed by atoms with Crippen molar-refractivity contribution < 1.29 is 19.1 Å². The highest BCUT2D eigenvalue weighted by molar-refractivity contribution is 5.89. The van der Waals surface area contributed by atoms with E-state index in [4.69, 9.17) is 4.74 Å². The summed E-state index contributed by atoms with van der Waals surface area (Å²) in [5, 5.41) is 5.44. The fourth-order valence-corrected chi connectivity index (χ4v) is 2.22. The van der Waals surface area contributed by atoms with Gasteiger partial charge < -0.3 is 20.3 Å². The number of methoxy groups -OCH3 is 1. The Morgan fingerprint density at radius 1 is 1.33 bits per heavy atom. The Kier molecular flexibility index (Phi) is 7.14. The topological polar surface area (TPSA) is 87.7 Å². The van der Waals surface area contributed by atoms with Crippen molar-refractivity contribution in [2.45, 2.75) is 32.7 Å². The van der Waals surface area contributed by atoms with Gasteiger partial charge in [-0.1, -0.05) is 0 Å². The van der Waals surface area contributed by atoms with Crippen LogP contribution < -0.4 is 10.6 Å². The number of hydrogen-bond acceptors (Lipinski definition) is 4. The van der Waals surface area contributed by atoms with Crippen LogP contribution in [-0.2, 0) is 19.1 Å². The van der Waals surface area contributed by atoms with Gasteiger partial charge in [-0.3, -0.25) is 14.4 Å². The number of nitrogens with one attached hydrogen (secondary N) is 2. The molecule has 0 saturated carbocycles. The van der Waals surface area contributed by atoms with Crippen LogP contribution in [0.1, 0.15) is 26.7 Å². The highest BCUT2D eigenvalue weighted by atomic mass is 16.5. The number of carbonyl (C=O) groups excluding carboxylic acids is 3. The van der Waals surface area contributed by atoms with E-state index in [0.29, 0.717) is 32.7 Å². The van der Waals surface area contributed by atoms with Crippen molar-refractivity contribution in [1.29, 1.82) is 0 Å². The molecule has 3 amide bonds. The first-order valence-electron chi connectivity index (χ1n) is 7.28. The molecular weight excluding hydrogens is 274 g/mol. The standard InChI is InChI=1S/C14H25N3O4/c1-10(2)17-9-11(8-13(17)19)14(20)16-6-5-15-12(18)4-7-21-3/h10-11H,4-9H2,1-3H3,(H,15,18)(H,16,20). The average molecular weight is 299 g/mol. The third-order valence-corrected chi connectivity index (χ3v) is 3.43. The molecule has 1 heterocycles. The van der Waals surface area contributed by atoms with E-state index >= 15 is 0 Å². The lowest BCUT2D eigenvalue weighted by Crippen LogP contribution is -2.39. The quantitative estimate of drug-likeness (QED) is 0.592. The van der Waals surface area contributed by atoms with Crippen LogP contribution in [0, 0.1) is 5.92 Å². The van der Waals surface area contributed by atoms with Gasteiger partial charge in [0.05, 0.1) is 12.5 Å². The first kappa shape index (κ1) is 17.4. The van der Waals surface area contributed by atoms with Crippen molar-refractivity contribution in [2.75, 3.05) is 33.4 Å². The second-order valence-electron chi connectivity index (χ2n) is 5.42. The van der Waals surface area contributed by atoms with Crippen LogP contribution in [0.3, 0.4) is 0 Å². The van der Waals surface area contributed by atoms with Crippen LogP contribution >= 0.6 is 0 Å². The van der Waals surface area contributed by atoms with Gasteiger partial charge >= 0.3 is 0 Å². The number of hydrogen-bond donors (Lipinski definition) is 2. The summed E-state index contributed by atoms with van der Waals surface area (Å²) in [5.41, 5.74) is 0. The summed E-state index contributed by atoms with van der Waals surface area (Å²) < 4.78 is 4.80. The summed E-state index contributed by atoms with van der Waals surface area (Å²) in [6, 6.07) is 0.121. The van der Waals surface area contributed by atoms with E-state index in [9.17, 15) is 14.4 Å². The summed E-state index contributed by atoms with van der Waals surface area (Å²) in [7, 11) is 1.54. The van der Waals surface area contributed by atoms with Crippen LogP contribution in [0.25, 0.3) is 0 Å². The monoisotopic (exact) mass is 299 g/mol. The summed E-state index contributed by atoms with van der Waals surface area (Å²) in [4.78, 5) is 36.7. The molecule has 0 aromatic rings. The molecule has 1 aliphatic heterocycles. The number of ether oxygens (including phenoxy) is 1. The third kappa shape index (κ3) is 5.71. The van der Waals surface area contributed by atoms with Crippen molar-refractivity contribution in [3.63, 3.8) is 0 Å². The highest BCUT2D eigenvalue weighted by Crippen LogP contribution is 2.19. The predicted octanol–water partition coefficient (Wildman–Crippen LogP) is -0.488. The van der Waals surface area contributed by atoms with Crippen molar-refractivity contribution in [3.05, 3.63) is 0 Å². The molecule has 1 aliphatic rings. The van der Waals surface area contributed by atoms with E-state index in [-0.39, 0.29) is 36.1 Å². The Morgan fingerprint density at radius 2 is 2.00 bits per heavy atom. The van der Waals surface area contributed by atoms with E-state index in [2.05, 4.69) is 10.6 Å². The number of rotatable bonds is 8. The lowest BCUT2D eigenvalue weighted by atomic mass is 10.1. The van der Waals surface area contributed by atoms with Crippen molar-refractivity contribution in [3.8, 4) is 0 Å². The zero-order chi connectivity index (χ0) is 15.8. The summed E-state index contributed by atoms with van der Waals surface area (Å²) in [5.74, 6) is -0.493. The second-order valence-corrected chi connectivity index (χ2v) is 5.42. The SMILES string of the molecule is COCCC(=O)NCCNC(=O)C1CC(=O)N(C(C)C)C1. The molecule has 0 radical (unpaired) electrons. The van der Waals surface area contributed by atoms with E-state index < -0.39 is 0 Å². The minimum atomic E-state index is -0.288. The molecule has 2 N–H and O–H groups in total. The summed E-state index contributed by atoms with van der Waals surface area (Å²) in [6.45, 7) is 5.48. The summed E-state index contributed by atoms with van der Waals surface area (Å²) in [6.07, 6.45) is 0.579. The van der Waals surface area contributed by atoms with Crippen molar-refractivity contribution in [1.82, 2.24) is 15.5 Å². The molecule has 120 valence electrons. The molecular formula is C14H25N3O4. The van der Waals surface area contributed by atoms with E-state index in [1.807, 2.05) is 13.8 Å². The van der Waals surface area contributed by atoms with E-state index in [0.717, 1.165) is 0 Å². The van der Waals surface area contributed by atoms with Gasteiger partial charge in [0.25, 0.3) is 0 Å². The number of likely N-dealkylation sites (tertiary alicyclic amines) is 1.